The van der Waals surface area contributed by atoms with Gasteiger partial charge in [-0.2, -0.15) is 0 Å². The van der Waals surface area contributed by atoms with Gasteiger partial charge in [0.25, 0.3) is 0 Å². The van der Waals surface area contributed by atoms with E-state index in [-0.39, 0.29) is 5.82 Å². The Morgan fingerprint density at radius 1 is 1.42 bits per heavy atom. The third kappa shape index (κ3) is 4.23. The van der Waals surface area contributed by atoms with Crippen molar-refractivity contribution in [3.8, 4) is 0 Å². The Hall–Kier alpha value is -1.03. The molecule has 2 rings (SSSR count). The highest BCUT2D eigenvalue weighted by Gasteiger charge is 2.25. The molecule has 1 aliphatic heterocycles. The molecule has 0 fully saturated rings. The summed E-state index contributed by atoms with van der Waals surface area (Å²) in [4.78, 5) is 4.47. The average molecular weight is 280 g/mol. The normalized spacial score (nSPS) is 19.4. The van der Waals surface area contributed by atoms with Crippen molar-refractivity contribution in [3.05, 3.63) is 29.6 Å². The molecule has 1 aromatic carbocycles. The highest BCUT2D eigenvalue weighted by molar-refractivity contribution is 8.15. The fraction of sp³-hybridized carbons (Fsp3) is 0.533. The average Bonchev–Trinajstić information content (AvgIpc) is 2.68. The highest BCUT2D eigenvalue weighted by Crippen LogP contribution is 2.32. The van der Waals surface area contributed by atoms with Crippen molar-refractivity contribution in [2.75, 3.05) is 11.9 Å². The maximum Gasteiger partial charge on any atom is 0.161 e. The first-order valence-corrected chi connectivity index (χ1v) is 7.46. The van der Waals surface area contributed by atoms with Gasteiger partial charge in [0.1, 0.15) is 5.82 Å². The van der Waals surface area contributed by atoms with Gasteiger partial charge in [-0.3, -0.25) is 4.99 Å². The minimum Gasteiger partial charge on any atom is -0.333 e. The van der Waals surface area contributed by atoms with Gasteiger partial charge >= 0.3 is 0 Å². The van der Waals surface area contributed by atoms with Crippen molar-refractivity contribution >= 4 is 22.6 Å². The molecule has 0 amide bonds. The molecule has 1 aliphatic rings. The molecule has 2 nitrogen and oxygen atoms in total. The number of hydrogen-bond acceptors (Lipinski definition) is 3. The van der Waals surface area contributed by atoms with E-state index in [9.17, 15) is 4.39 Å². The lowest BCUT2D eigenvalue weighted by atomic mass is 9.90. The van der Waals surface area contributed by atoms with E-state index < -0.39 is 0 Å². The van der Waals surface area contributed by atoms with Crippen LogP contribution >= 0.6 is 11.8 Å². The fourth-order valence-corrected chi connectivity index (χ4v) is 3.49. The largest absolute Gasteiger partial charge is 0.333 e. The number of aryl methyl sites for hydroxylation is 1. The molecule has 1 atom stereocenters. The van der Waals surface area contributed by atoms with E-state index in [0.29, 0.717) is 16.4 Å². The molecule has 104 valence electrons. The van der Waals surface area contributed by atoms with Crippen LogP contribution in [0.25, 0.3) is 0 Å². The van der Waals surface area contributed by atoms with Crippen LogP contribution in [0.1, 0.15) is 32.8 Å². The molecule has 0 spiro atoms. The maximum absolute atomic E-state index is 13.7. The molecule has 0 saturated heterocycles. The standard InChI is InChI=1S/C15H21FN2S/c1-10-5-6-12(16)13(7-10)18-14-17-9-11(19-14)8-15(2,3)4/h5-7,11H,8-9H2,1-4H3,(H,17,18). The van der Waals surface area contributed by atoms with Crippen LogP contribution < -0.4 is 5.32 Å². The van der Waals surface area contributed by atoms with Crippen LogP contribution in [0, 0.1) is 18.2 Å². The topological polar surface area (TPSA) is 24.4 Å². The van der Waals surface area contributed by atoms with E-state index in [1.54, 1.807) is 17.8 Å². The third-order valence-electron chi connectivity index (χ3n) is 2.92. The smallest absolute Gasteiger partial charge is 0.161 e. The second-order valence-electron chi connectivity index (χ2n) is 6.26. The van der Waals surface area contributed by atoms with E-state index in [2.05, 4.69) is 31.1 Å². The lowest BCUT2D eigenvalue weighted by molar-refractivity contribution is 0.375. The molecular weight excluding hydrogens is 259 g/mol. The predicted octanol–water partition coefficient (Wildman–Crippen LogP) is 4.45. The maximum atomic E-state index is 13.7. The summed E-state index contributed by atoms with van der Waals surface area (Å²) in [5, 5.41) is 4.43. The number of nitrogens with zero attached hydrogens (tertiary/aromatic N) is 1. The zero-order valence-corrected chi connectivity index (χ0v) is 12.8. The summed E-state index contributed by atoms with van der Waals surface area (Å²) in [6, 6.07) is 5.08. The summed E-state index contributed by atoms with van der Waals surface area (Å²) in [7, 11) is 0. The summed E-state index contributed by atoms with van der Waals surface area (Å²) in [5.74, 6) is -0.229. The zero-order chi connectivity index (χ0) is 14.0. The molecule has 19 heavy (non-hydrogen) atoms. The summed E-state index contributed by atoms with van der Waals surface area (Å²) >= 11 is 1.72. The monoisotopic (exact) mass is 280 g/mol. The number of aliphatic imine (C=N–C) groups is 1. The van der Waals surface area contributed by atoms with Gasteiger partial charge in [-0.1, -0.05) is 38.6 Å². The molecule has 1 aromatic rings. The Morgan fingerprint density at radius 2 is 2.16 bits per heavy atom. The van der Waals surface area contributed by atoms with E-state index in [1.807, 2.05) is 13.0 Å². The Balaban J connectivity index is 1.97. The van der Waals surface area contributed by atoms with Crippen LogP contribution in [0.5, 0.6) is 0 Å². The van der Waals surface area contributed by atoms with E-state index >= 15 is 0 Å². The van der Waals surface area contributed by atoms with Gasteiger partial charge in [0, 0.05) is 5.25 Å². The lowest BCUT2D eigenvalue weighted by Gasteiger charge is -2.21. The van der Waals surface area contributed by atoms with Crippen molar-refractivity contribution in [1.82, 2.24) is 0 Å². The quantitative estimate of drug-likeness (QED) is 0.865. The first kappa shape index (κ1) is 14.4. The van der Waals surface area contributed by atoms with Gasteiger partial charge in [0.05, 0.1) is 12.2 Å². The SMILES string of the molecule is Cc1ccc(F)c(NC2=NCC(CC(C)(C)C)S2)c1. The number of amidine groups is 1. The van der Waals surface area contributed by atoms with Gasteiger partial charge in [0.2, 0.25) is 0 Å². The lowest BCUT2D eigenvalue weighted by Crippen LogP contribution is -2.16. The number of anilines is 1. The molecule has 4 heteroatoms. The first-order valence-electron chi connectivity index (χ1n) is 6.58. The van der Waals surface area contributed by atoms with Crippen LogP contribution in [0.4, 0.5) is 10.1 Å². The van der Waals surface area contributed by atoms with Gasteiger partial charge < -0.3 is 5.32 Å². The Morgan fingerprint density at radius 3 is 2.84 bits per heavy atom. The van der Waals surface area contributed by atoms with Crippen LogP contribution in [0.2, 0.25) is 0 Å². The molecule has 0 saturated carbocycles. The molecule has 1 unspecified atom stereocenters. The van der Waals surface area contributed by atoms with Crippen LogP contribution in [0.15, 0.2) is 23.2 Å². The molecular formula is C15H21FN2S. The minimum atomic E-state index is -0.229. The van der Waals surface area contributed by atoms with Crippen molar-refractivity contribution in [3.63, 3.8) is 0 Å². The van der Waals surface area contributed by atoms with Crippen molar-refractivity contribution in [1.29, 1.82) is 0 Å². The molecule has 1 heterocycles. The summed E-state index contributed by atoms with van der Waals surface area (Å²) in [5.41, 5.74) is 1.86. The van der Waals surface area contributed by atoms with Crippen molar-refractivity contribution in [2.45, 2.75) is 39.4 Å². The van der Waals surface area contributed by atoms with E-state index in [0.717, 1.165) is 23.7 Å². The predicted molar refractivity (Wildman–Crippen MR) is 82.5 cm³/mol. The van der Waals surface area contributed by atoms with Gasteiger partial charge in [-0.25, -0.2) is 4.39 Å². The Bertz CT molecular complexity index is 491. The summed E-state index contributed by atoms with van der Waals surface area (Å²) < 4.78 is 13.7. The number of hydrogen-bond donors (Lipinski definition) is 1. The van der Waals surface area contributed by atoms with Gasteiger partial charge in [-0.05, 0) is 36.5 Å². The van der Waals surface area contributed by atoms with E-state index in [4.69, 9.17) is 0 Å². The number of thioether (sulfide) groups is 1. The number of benzene rings is 1. The minimum absolute atomic E-state index is 0.229. The van der Waals surface area contributed by atoms with E-state index in [1.165, 1.54) is 6.07 Å². The highest BCUT2D eigenvalue weighted by atomic mass is 32.2. The number of nitrogens with one attached hydrogen (secondary N) is 1. The number of rotatable bonds is 2. The van der Waals surface area contributed by atoms with Gasteiger partial charge in [0.15, 0.2) is 5.17 Å². The first-order chi connectivity index (χ1) is 8.83. The number of halogens is 1. The zero-order valence-electron chi connectivity index (χ0n) is 12.0. The van der Waals surface area contributed by atoms with Crippen LogP contribution in [0.3, 0.4) is 0 Å². The molecule has 0 radical (unpaired) electrons. The second-order valence-corrected chi connectivity index (χ2v) is 7.55. The van der Waals surface area contributed by atoms with Crippen molar-refractivity contribution in [2.24, 2.45) is 10.4 Å². The summed E-state index contributed by atoms with van der Waals surface area (Å²) in [6.45, 7) is 9.48. The summed E-state index contributed by atoms with van der Waals surface area (Å²) in [6.07, 6.45) is 1.11. The van der Waals surface area contributed by atoms with Crippen LogP contribution in [-0.4, -0.2) is 17.0 Å². The van der Waals surface area contributed by atoms with Crippen molar-refractivity contribution < 1.29 is 4.39 Å². The molecule has 1 N–H and O–H groups in total. The second kappa shape index (κ2) is 5.53. The molecule has 0 bridgehead atoms. The fourth-order valence-electron chi connectivity index (χ4n) is 2.13. The molecule has 0 aliphatic carbocycles. The van der Waals surface area contributed by atoms with Crippen LogP contribution in [-0.2, 0) is 0 Å². The molecule has 0 aromatic heterocycles. The van der Waals surface area contributed by atoms with Gasteiger partial charge in [-0.15, -0.1) is 0 Å². The Kier molecular flexibility index (Phi) is 4.19. The Labute approximate surface area is 118 Å². The third-order valence-corrected chi connectivity index (χ3v) is 4.02.